The largest absolute Gasteiger partial charge is 0.480 e. The Bertz CT molecular complexity index is 1150. The molecule has 7 rings (SSSR count). The first kappa shape index (κ1) is 19.2. The molecule has 0 amide bonds. The fourth-order valence-corrected chi connectivity index (χ4v) is 7.21. The second kappa shape index (κ2) is 6.99. The SMILES string of the molecule is O=C(O)Cn1ncc2cc(Nc3ccc(C45CC6CC(CC(C6)C4)C5)cc3Cl)ccc21. The van der Waals surface area contributed by atoms with E-state index in [0.29, 0.717) is 5.41 Å². The number of carboxylic acid groups (broad SMARTS) is 1. The number of halogens is 1. The van der Waals surface area contributed by atoms with Gasteiger partial charge >= 0.3 is 5.97 Å². The van der Waals surface area contributed by atoms with E-state index in [1.165, 1.54) is 48.8 Å². The standard InChI is InChI=1S/C25H26ClN3O2/c26-21-9-19(25-10-15-5-16(11-25)7-17(6-15)12-25)1-3-22(21)28-20-2-4-23-18(8-20)13-27-29(23)14-24(30)31/h1-4,8-9,13,15-17,28H,5-7,10-12,14H2,(H,30,31). The van der Waals surface area contributed by atoms with Gasteiger partial charge in [0, 0.05) is 11.1 Å². The zero-order valence-corrected chi connectivity index (χ0v) is 18.1. The number of carboxylic acids is 1. The van der Waals surface area contributed by atoms with Gasteiger partial charge in [-0.05, 0) is 97.6 Å². The summed E-state index contributed by atoms with van der Waals surface area (Å²) < 4.78 is 1.49. The summed E-state index contributed by atoms with van der Waals surface area (Å²) in [4.78, 5) is 11.0. The smallest absolute Gasteiger partial charge is 0.325 e. The predicted molar refractivity (Wildman–Crippen MR) is 122 cm³/mol. The number of fused-ring (bicyclic) bond motifs is 1. The number of nitrogens with one attached hydrogen (secondary N) is 1. The van der Waals surface area contributed by atoms with Crippen LogP contribution in [0.1, 0.15) is 44.1 Å². The van der Waals surface area contributed by atoms with Gasteiger partial charge in [0.1, 0.15) is 6.54 Å². The number of hydrogen-bond acceptors (Lipinski definition) is 3. The number of anilines is 2. The highest BCUT2D eigenvalue weighted by Crippen LogP contribution is 2.61. The molecule has 0 atom stereocenters. The monoisotopic (exact) mass is 435 g/mol. The molecule has 1 aromatic heterocycles. The summed E-state index contributed by atoms with van der Waals surface area (Å²) in [5.41, 5.74) is 4.37. The summed E-state index contributed by atoms with van der Waals surface area (Å²) in [6.45, 7) is -0.145. The fourth-order valence-electron chi connectivity index (χ4n) is 6.99. The molecule has 0 saturated heterocycles. The first-order chi connectivity index (χ1) is 15.0. The molecule has 1 heterocycles. The second-order valence-corrected chi connectivity index (χ2v) is 10.4. The fraction of sp³-hybridized carbons (Fsp3) is 0.440. The zero-order valence-electron chi connectivity index (χ0n) is 17.4. The van der Waals surface area contributed by atoms with Crippen molar-refractivity contribution in [3.63, 3.8) is 0 Å². The van der Waals surface area contributed by atoms with Gasteiger partial charge in [0.25, 0.3) is 0 Å². The van der Waals surface area contributed by atoms with Gasteiger partial charge in [0.05, 0.1) is 22.4 Å². The molecular weight excluding hydrogens is 410 g/mol. The average molecular weight is 436 g/mol. The van der Waals surface area contributed by atoms with Crippen LogP contribution in [0.25, 0.3) is 10.9 Å². The van der Waals surface area contributed by atoms with Gasteiger partial charge in [-0.3, -0.25) is 9.48 Å². The van der Waals surface area contributed by atoms with E-state index in [2.05, 4.69) is 28.6 Å². The van der Waals surface area contributed by atoms with Crippen LogP contribution in [-0.4, -0.2) is 20.9 Å². The molecule has 5 nitrogen and oxygen atoms in total. The molecule has 4 aliphatic carbocycles. The molecule has 160 valence electrons. The normalized spacial score (nSPS) is 28.9. The lowest BCUT2D eigenvalue weighted by molar-refractivity contribution is -0.137. The van der Waals surface area contributed by atoms with Crippen molar-refractivity contribution in [2.45, 2.75) is 50.5 Å². The number of nitrogens with zero attached hydrogens (tertiary/aromatic N) is 2. The third-order valence-corrected chi connectivity index (χ3v) is 8.14. The minimum Gasteiger partial charge on any atom is -0.480 e. The highest BCUT2D eigenvalue weighted by molar-refractivity contribution is 6.33. The molecule has 4 aliphatic rings. The Labute approximate surface area is 186 Å². The third kappa shape index (κ3) is 3.30. The minimum atomic E-state index is -0.905. The van der Waals surface area contributed by atoms with Crippen LogP contribution < -0.4 is 5.32 Å². The molecule has 0 aliphatic heterocycles. The molecule has 0 unspecified atom stereocenters. The number of hydrogen-bond donors (Lipinski definition) is 2. The van der Waals surface area contributed by atoms with E-state index in [1.807, 2.05) is 18.2 Å². The van der Waals surface area contributed by atoms with Gasteiger partial charge in [-0.25, -0.2) is 0 Å². The van der Waals surface area contributed by atoms with E-state index in [4.69, 9.17) is 16.7 Å². The molecule has 4 fully saturated rings. The lowest BCUT2D eigenvalue weighted by atomic mass is 9.48. The lowest BCUT2D eigenvalue weighted by Gasteiger charge is -2.57. The van der Waals surface area contributed by atoms with Gasteiger partial charge in [-0.2, -0.15) is 5.10 Å². The summed E-state index contributed by atoms with van der Waals surface area (Å²) >= 11 is 6.75. The van der Waals surface area contributed by atoms with Crippen LogP contribution in [0.5, 0.6) is 0 Å². The lowest BCUT2D eigenvalue weighted by Crippen LogP contribution is -2.48. The number of aromatic nitrogens is 2. The number of carbonyl (C=O) groups is 1. The quantitative estimate of drug-likeness (QED) is 0.516. The summed E-state index contributed by atoms with van der Waals surface area (Å²) in [5, 5.41) is 18.3. The maximum absolute atomic E-state index is 11.0. The summed E-state index contributed by atoms with van der Waals surface area (Å²) in [6.07, 6.45) is 10.0. The zero-order chi connectivity index (χ0) is 21.2. The van der Waals surface area contributed by atoms with Gasteiger partial charge in [0.15, 0.2) is 0 Å². The van der Waals surface area contributed by atoms with Crippen LogP contribution in [-0.2, 0) is 16.8 Å². The van der Waals surface area contributed by atoms with Crippen LogP contribution in [0.15, 0.2) is 42.6 Å². The second-order valence-electron chi connectivity index (χ2n) is 9.99. The molecular formula is C25H26ClN3O2. The van der Waals surface area contributed by atoms with Crippen molar-refractivity contribution in [3.8, 4) is 0 Å². The highest BCUT2D eigenvalue weighted by atomic mass is 35.5. The van der Waals surface area contributed by atoms with Crippen molar-refractivity contribution in [3.05, 3.63) is 53.2 Å². The van der Waals surface area contributed by atoms with E-state index < -0.39 is 5.97 Å². The van der Waals surface area contributed by atoms with Crippen molar-refractivity contribution < 1.29 is 9.90 Å². The molecule has 2 N–H and O–H groups in total. The maximum Gasteiger partial charge on any atom is 0.325 e. The van der Waals surface area contributed by atoms with E-state index in [0.717, 1.165) is 45.1 Å². The summed E-state index contributed by atoms with van der Waals surface area (Å²) in [6, 6.07) is 12.4. The molecule has 0 radical (unpaired) electrons. The Hall–Kier alpha value is -2.53. The topological polar surface area (TPSA) is 67.1 Å². The van der Waals surface area contributed by atoms with Gasteiger partial charge in [-0.1, -0.05) is 17.7 Å². The number of aliphatic carboxylic acids is 1. The Morgan fingerprint density at radius 2 is 1.81 bits per heavy atom. The molecule has 3 aromatic rings. The molecule has 4 saturated carbocycles. The molecule has 0 spiro atoms. The van der Waals surface area contributed by atoms with Crippen molar-refractivity contribution in [1.82, 2.24) is 9.78 Å². The predicted octanol–water partition coefficient (Wildman–Crippen LogP) is 5.99. The van der Waals surface area contributed by atoms with Gasteiger partial charge in [0.2, 0.25) is 0 Å². The van der Waals surface area contributed by atoms with Crippen LogP contribution in [0.2, 0.25) is 5.02 Å². The van der Waals surface area contributed by atoms with Crippen molar-refractivity contribution in [2.24, 2.45) is 17.8 Å². The Balaban J connectivity index is 1.25. The molecule has 4 bridgehead atoms. The first-order valence-electron chi connectivity index (χ1n) is 11.2. The van der Waals surface area contributed by atoms with Crippen molar-refractivity contribution >= 4 is 39.8 Å². The number of rotatable bonds is 5. The van der Waals surface area contributed by atoms with Gasteiger partial charge < -0.3 is 10.4 Å². The Morgan fingerprint density at radius 1 is 1.10 bits per heavy atom. The van der Waals surface area contributed by atoms with Gasteiger partial charge in [-0.15, -0.1) is 0 Å². The minimum absolute atomic E-state index is 0.145. The molecule has 31 heavy (non-hydrogen) atoms. The Morgan fingerprint density at radius 3 is 2.45 bits per heavy atom. The van der Waals surface area contributed by atoms with Crippen molar-refractivity contribution in [1.29, 1.82) is 0 Å². The van der Waals surface area contributed by atoms with Crippen molar-refractivity contribution in [2.75, 3.05) is 5.32 Å². The van der Waals surface area contributed by atoms with E-state index >= 15 is 0 Å². The Kier molecular flexibility index (Phi) is 4.32. The maximum atomic E-state index is 11.0. The third-order valence-electron chi connectivity index (χ3n) is 7.83. The van der Waals surface area contributed by atoms with Crippen LogP contribution in [0, 0.1) is 17.8 Å². The van der Waals surface area contributed by atoms with E-state index in [-0.39, 0.29) is 6.54 Å². The van der Waals surface area contributed by atoms with E-state index in [9.17, 15) is 4.79 Å². The number of benzene rings is 2. The van der Waals surface area contributed by atoms with E-state index in [1.54, 1.807) is 6.20 Å². The van der Waals surface area contributed by atoms with Crippen LogP contribution >= 0.6 is 11.6 Å². The first-order valence-corrected chi connectivity index (χ1v) is 11.6. The highest BCUT2D eigenvalue weighted by Gasteiger charge is 2.51. The summed E-state index contributed by atoms with van der Waals surface area (Å²) in [7, 11) is 0. The summed E-state index contributed by atoms with van der Waals surface area (Å²) in [5.74, 6) is 1.84. The van der Waals surface area contributed by atoms with Crippen LogP contribution in [0.3, 0.4) is 0 Å². The molecule has 2 aromatic carbocycles. The van der Waals surface area contributed by atoms with Crippen LogP contribution in [0.4, 0.5) is 11.4 Å². The average Bonchev–Trinajstić information content (AvgIpc) is 3.10. The molecule has 6 heteroatoms.